The van der Waals surface area contributed by atoms with Crippen molar-refractivity contribution in [2.45, 2.75) is 33.2 Å². The first-order valence-corrected chi connectivity index (χ1v) is 4.93. The van der Waals surface area contributed by atoms with Gasteiger partial charge in [-0.25, -0.2) is 0 Å². The van der Waals surface area contributed by atoms with Gasteiger partial charge in [0.15, 0.2) is 0 Å². The third-order valence-electron chi connectivity index (χ3n) is 2.57. The van der Waals surface area contributed by atoms with Crippen LogP contribution in [0.25, 0.3) is 0 Å². The zero-order valence-electron chi connectivity index (χ0n) is 9.02. The second-order valence-electron chi connectivity index (χ2n) is 3.61. The smallest absolute Gasteiger partial charge is 0.0317 e. The molecule has 13 heavy (non-hydrogen) atoms. The minimum Gasteiger partial charge on any atom is -0.313 e. The Morgan fingerprint density at radius 3 is 2.54 bits per heavy atom. The summed E-state index contributed by atoms with van der Waals surface area (Å²) >= 11 is 0. The number of nitrogens with one attached hydrogen (secondary N) is 1. The summed E-state index contributed by atoms with van der Waals surface area (Å²) in [6, 6.07) is 7.14. The Kier molecular flexibility index (Phi) is 3.49. The fourth-order valence-electron chi connectivity index (χ4n) is 1.71. The molecule has 0 aliphatic rings. The minimum absolute atomic E-state index is 0.500. The zero-order chi connectivity index (χ0) is 9.84. The third kappa shape index (κ3) is 2.31. The monoisotopic (exact) mass is 177 g/mol. The number of rotatable bonds is 3. The first kappa shape index (κ1) is 10.3. The van der Waals surface area contributed by atoms with Gasteiger partial charge in [-0.2, -0.15) is 0 Å². The van der Waals surface area contributed by atoms with Gasteiger partial charge >= 0.3 is 0 Å². The first-order valence-electron chi connectivity index (χ1n) is 4.93. The van der Waals surface area contributed by atoms with Crippen molar-refractivity contribution < 1.29 is 0 Å². The Morgan fingerprint density at radius 2 is 2.00 bits per heavy atom. The van der Waals surface area contributed by atoms with Crippen molar-refractivity contribution in [1.82, 2.24) is 5.32 Å². The lowest BCUT2D eigenvalue weighted by atomic mass is 9.97. The molecule has 1 aromatic carbocycles. The SMILES string of the molecule is CCC(NC)c1cc(C)ccc1C. The maximum Gasteiger partial charge on any atom is 0.0317 e. The zero-order valence-corrected chi connectivity index (χ0v) is 9.02. The van der Waals surface area contributed by atoms with Crippen LogP contribution in [0, 0.1) is 13.8 Å². The molecule has 0 saturated carbocycles. The summed E-state index contributed by atoms with van der Waals surface area (Å²) in [6.07, 6.45) is 1.14. The number of benzene rings is 1. The molecule has 1 nitrogen and oxygen atoms in total. The third-order valence-corrected chi connectivity index (χ3v) is 2.57. The fourth-order valence-corrected chi connectivity index (χ4v) is 1.71. The summed E-state index contributed by atoms with van der Waals surface area (Å²) in [7, 11) is 2.02. The van der Waals surface area contributed by atoms with Gasteiger partial charge < -0.3 is 5.32 Å². The van der Waals surface area contributed by atoms with Crippen LogP contribution in [0.4, 0.5) is 0 Å². The van der Waals surface area contributed by atoms with E-state index in [2.05, 4.69) is 44.3 Å². The average Bonchev–Trinajstić information content (AvgIpc) is 2.13. The van der Waals surface area contributed by atoms with Crippen molar-refractivity contribution in [2.24, 2.45) is 0 Å². The van der Waals surface area contributed by atoms with Crippen molar-refractivity contribution in [1.29, 1.82) is 0 Å². The lowest BCUT2D eigenvalue weighted by Gasteiger charge is -2.17. The van der Waals surface area contributed by atoms with Crippen LogP contribution in [0.1, 0.15) is 36.1 Å². The highest BCUT2D eigenvalue weighted by atomic mass is 14.9. The molecule has 1 atom stereocenters. The molecule has 1 aromatic rings. The molecule has 72 valence electrons. The van der Waals surface area contributed by atoms with E-state index in [0.717, 1.165) is 6.42 Å². The lowest BCUT2D eigenvalue weighted by Crippen LogP contribution is -2.16. The summed E-state index contributed by atoms with van der Waals surface area (Å²) in [4.78, 5) is 0. The molecule has 0 heterocycles. The molecule has 0 bridgehead atoms. The standard InChI is InChI=1S/C12H19N/c1-5-12(13-4)11-8-9(2)6-7-10(11)3/h6-8,12-13H,5H2,1-4H3. The van der Waals surface area contributed by atoms with Crippen molar-refractivity contribution in [3.8, 4) is 0 Å². The summed E-state index contributed by atoms with van der Waals surface area (Å²) in [6.45, 7) is 6.53. The van der Waals surface area contributed by atoms with E-state index in [0.29, 0.717) is 6.04 Å². The van der Waals surface area contributed by atoms with E-state index in [1.54, 1.807) is 0 Å². The largest absolute Gasteiger partial charge is 0.313 e. The Bertz CT molecular complexity index is 274. The second kappa shape index (κ2) is 4.43. The fraction of sp³-hybridized carbons (Fsp3) is 0.500. The Hall–Kier alpha value is -0.820. The Morgan fingerprint density at radius 1 is 1.31 bits per heavy atom. The first-order chi connectivity index (χ1) is 6.19. The molecule has 0 spiro atoms. The lowest BCUT2D eigenvalue weighted by molar-refractivity contribution is 0.573. The average molecular weight is 177 g/mol. The van der Waals surface area contributed by atoms with Crippen molar-refractivity contribution in [3.05, 3.63) is 34.9 Å². The molecule has 0 amide bonds. The maximum atomic E-state index is 3.34. The van der Waals surface area contributed by atoms with Gasteiger partial charge in [0.05, 0.1) is 0 Å². The van der Waals surface area contributed by atoms with Gasteiger partial charge in [0.25, 0.3) is 0 Å². The van der Waals surface area contributed by atoms with Crippen LogP contribution >= 0.6 is 0 Å². The number of hydrogen-bond acceptors (Lipinski definition) is 1. The van der Waals surface area contributed by atoms with Crippen LogP contribution in [-0.4, -0.2) is 7.05 Å². The van der Waals surface area contributed by atoms with Gasteiger partial charge in [-0.3, -0.25) is 0 Å². The van der Waals surface area contributed by atoms with Gasteiger partial charge in [-0.15, -0.1) is 0 Å². The van der Waals surface area contributed by atoms with E-state index < -0.39 is 0 Å². The topological polar surface area (TPSA) is 12.0 Å². The molecule has 0 saturated heterocycles. The van der Waals surface area contributed by atoms with Crippen LogP contribution in [0.15, 0.2) is 18.2 Å². The normalized spacial score (nSPS) is 12.9. The summed E-state index contributed by atoms with van der Waals surface area (Å²) < 4.78 is 0. The summed E-state index contributed by atoms with van der Waals surface area (Å²) in [5.41, 5.74) is 4.16. The van der Waals surface area contributed by atoms with E-state index in [9.17, 15) is 0 Å². The molecular weight excluding hydrogens is 158 g/mol. The highest BCUT2D eigenvalue weighted by molar-refractivity contribution is 5.32. The van der Waals surface area contributed by atoms with Gasteiger partial charge in [0, 0.05) is 6.04 Å². The van der Waals surface area contributed by atoms with E-state index in [1.165, 1.54) is 16.7 Å². The minimum atomic E-state index is 0.500. The predicted octanol–water partition coefficient (Wildman–Crippen LogP) is 2.97. The van der Waals surface area contributed by atoms with Crippen LogP contribution < -0.4 is 5.32 Å². The summed E-state index contributed by atoms with van der Waals surface area (Å²) in [5, 5.41) is 3.34. The van der Waals surface area contributed by atoms with Gasteiger partial charge in [0.1, 0.15) is 0 Å². The number of aryl methyl sites for hydroxylation is 2. The van der Waals surface area contributed by atoms with E-state index >= 15 is 0 Å². The molecular formula is C12H19N. The van der Waals surface area contributed by atoms with Crippen molar-refractivity contribution in [3.63, 3.8) is 0 Å². The quantitative estimate of drug-likeness (QED) is 0.748. The van der Waals surface area contributed by atoms with Crippen molar-refractivity contribution in [2.75, 3.05) is 7.05 Å². The van der Waals surface area contributed by atoms with Gasteiger partial charge in [0.2, 0.25) is 0 Å². The molecule has 1 rings (SSSR count). The molecule has 0 radical (unpaired) electrons. The molecule has 1 heteroatoms. The van der Waals surface area contributed by atoms with Crippen LogP contribution in [0.5, 0.6) is 0 Å². The molecule has 0 aliphatic carbocycles. The molecule has 1 unspecified atom stereocenters. The van der Waals surface area contributed by atoms with Crippen molar-refractivity contribution >= 4 is 0 Å². The van der Waals surface area contributed by atoms with Crippen LogP contribution in [0.2, 0.25) is 0 Å². The van der Waals surface area contributed by atoms with E-state index in [4.69, 9.17) is 0 Å². The summed E-state index contributed by atoms with van der Waals surface area (Å²) in [5.74, 6) is 0. The van der Waals surface area contributed by atoms with Gasteiger partial charge in [-0.1, -0.05) is 30.7 Å². The van der Waals surface area contributed by atoms with Gasteiger partial charge in [-0.05, 0) is 38.4 Å². The predicted molar refractivity (Wildman–Crippen MR) is 58.0 cm³/mol. The molecule has 1 N–H and O–H groups in total. The van der Waals surface area contributed by atoms with E-state index in [1.807, 2.05) is 7.05 Å². The van der Waals surface area contributed by atoms with Crippen LogP contribution in [-0.2, 0) is 0 Å². The second-order valence-corrected chi connectivity index (χ2v) is 3.61. The highest BCUT2D eigenvalue weighted by Gasteiger charge is 2.08. The van der Waals surface area contributed by atoms with E-state index in [-0.39, 0.29) is 0 Å². The number of hydrogen-bond donors (Lipinski definition) is 1. The maximum absolute atomic E-state index is 3.34. The Labute approximate surface area is 81.2 Å². The highest BCUT2D eigenvalue weighted by Crippen LogP contribution is 2.21. The Balaban J connectivity index is 3.03. The molecule has 0 fully saturated rings. The van der Waals surface area contributed by atoms with Crippen LogP contribution in [0.3, 0.4) is 0 Å². The molecule has 0 aromatic heterocycles. The molecule has 0 aliphatic heterocycles.